The second-order valence-electron chi connectivity index (χ2n) is 10.4. The van der Waals surface area contributed by atoms with Crippen LogP contribution in [0.1, 0.15) is 97.7 Å². The lowest BCUT2D eigenvalue weighted by atomic mass is 9.77. The molecular formula is C31H38N2O3. The van der Waals surface area contributed by atoms with Gasteiger partial charge in [-0.15, -0.1) is 0 Å². The molecule has 0 radical (unpaired) electrons. The van der Waals surface area contributed by atoms with Gasteiger partial charge in [-0.25, -0.2) is 0 Å². The van der Waals surface area contributed by atoms with E-state index in [-0.39, 0.29) is 23.9 Å². The van der Waals surface area contributed by atoms with Crippen molar-refractivity contribution in [2.75, 3.05) is 13.7 Å². The Kier molecular flexibility index (Phi) is 7.74. The lowest BCUT2D eigenvalue weighted by molar-refractivity contribution is -0.124. The minimum Gasteiger partial charge on any atom is -0.497 e. The van der Waals surface area contributed by atoms with E-state index in [1.165, 1.54) is 24.8 Å². The highest BCUT2D eigenvalue weighted by molar-refractivity contribution is 6.01. The number of hydrogen-bond acceptors (Lipinski definition) is 3. The molecule has 2 aromatic carbocycles. The van der Waals surface area contributed by atoms with Crippen molar-refractivity contribution >= 4 is 11.8 Å². The summed E-state index contributed by atoms with van der Waals surface area (Å²) >= 11 is 0. The molecule has 1 saturated carbocycles. The molecule has 190 valence electrons. The van der Waals surface area contributed by atoms with Gasteiger partial charge in [0.2, 0.25) is 5.91 Å². The second kappa shape index (κ2) is 11.3. The molecule has 5 heteroatoms. The first kappa shape index (κ1) is 24.6. The average molecular weight is 487 g/mol. The Morgan fingerprint density at radius 1 is 1.00 bits per heavy atom. The summed E-state index contributed by atoms with van der Waals surface area (Å²) in [7, 11) is 1.65. The first-order valence-electron chi connectivity index (χ1n) is 13.7. The van der Waals surface area contributed by atoms with Gasteiger partial charge < -0.3 is 15.0 Å². The van der Waals surface area contributed by atoms with Gasteiger partial charge in [-0.1, -0.05) is 61.2 Å². The summed E-state index contributed by atoms with van der Waals surface area (Å²) in [6.45, 7) is 0.635. The number of allylic oxidation sites excluding steroid dienone is 1. The third kappa shape index (κ3) is 5.07. The maximum atomic E-state index is 14.0. The fourth-order valence-electron chi connectivity index (χ4n) is 6.34. The molecule has 0 saturated heterocycles. The Bertz CT molecular complexity index is 1100. The molecule has 36 heavy (non-hydrogen) atoms. The first-order chi connectivity index (χ1) is 17.7. The molecule has 1 aliphatic heterocycles. The molecule has 0 unspecified atom stereocenters. The van der Waals surface area contributed by atoms with Crippen LogP contribution in [0.15, 0.2) is 60.2 Å². The van der Waals surface area contributed by atoms with Crippen molar-refractivity contribution in [2.45, 2.75) is 82.2 Å². The van der Waals surface area contributed by atoms with E-state index in [4.69, 9.17) is 4.74 Å². The molecule has 5 rings (SSSR count). The van der Waals surface area contributed by atoms with Gasteiger partial charge in [-0.2, -0.15) is 0 Å². The molecule has 1 N–H and O–H groups in total. The van der Waals surface area contributed by atoms with E-state index in [0.29, 0.717) is 12.1 Å². The van der Waals surface area contributed by atoms with E-state index in [1.807, 2.05) is 48.5 Å². The predicted molar refractivity (Wildman–Crippen MR) is 142 cm³/mol. The molecule has 1 heterocycles. The van der Waals surface area contributed by atoms with Gasteiger partial charge in [0.15, 0.2) is 0 Å². The van der Waals surface area contributed by atoms with Crippen LogP contribution in [0.5, 0.6) is 5.75 Å². The number of hydrogen-bond donors (Lipinski definition) is 1. The van der Waals surface area contributed by atoms with Gasteiger partial charge in [0.05, 0.1) is 19.1 Å². The Balaban J connectivity index is 1.51. The third-order valence-corrected chi connectivity index (χ3v) is 8.21. The summed E-state index contributed by atoms with van der Waals surface area (Å²) in [4.78, 5) is 30.0. The minimum atomic E-state index is -0.449. The number of nitrogens with zero attached hydrogens (tertiary/aromatic N) is 1. The first-order valence-corrected chi connectivity index (χ1v) is 13.7. The molecule has 2 atom stereocenters. The molecular weight excluding hydrogens is 448 g/mol. The van der Waals surface area contributed by atoms with Gasteiger partial charge >= 0.3 is 0 Å². The van der Waals surface area contributed by atoms with Crippen LogP contribution >= 0.6 is 0 Å². The van der Waals surface area contributed by atoms with Crippen molar-refractivity contribution in [1.82, 2.24) is 10.2 Å². The smallest absolute Gasteiger partial charge is 0.254 e. The van der Waals surface area contributed by atoms with Crippen molar-refractivity contribution in [3.8, 4) is 5.75 Å². The van der Waals surface area contributed by atoms with Crippen LogP contribution in [0.25, 0.3) is 0 Å². The van der Waals surface area contributed by atoms with E-state index in [9.17, 15) is 9.59 Å². The number of amides is 2. The number of methoxy groups -OCH3 is 1. The Hall–Kier alpha value is -3.08. The average Bonchev–Trinajstić information content (AvgIpc) is 2.94. The van der Waals surface area contributed by atoms with E-state index in [0.717, 1.165) is 61.8 Å². The molecule has 0 aromatic heterocycles. The largest absolute Gasteiger partial charge is 0.497 e. The fourth-order valence-corrected chi connectivity index (χ4v) is 6.34. The monoisotopic (exact) mass is 486 g/mol. The number of carbonyl (C=O) groups is 2. The van der Waals surface area contributed by atoms with E-state index < -0.39 is 5.92 Å². The molecule has 2 aromatic rings. The van der Waals surface area contributed by atoms with Crippen molar-refractivity contribution in [2.24, 2.45) is 0 Å². The zero-order valence-corrected chi connectivity index (χ0v) is 21.4. The van der Waals surface area contributed by atoms with Crippen molar-refractivity contribution in [3.63, 3.8) is 0 Å². The van der Waals surface area contributed by atoms with Gasteiger partial charge in [0, 0.05) is 18.2 Å². The molecule has 5 nitrogen and oxygen atoms in total. The predicted octanol–water partition coefficient (Wildman–Crippen LogP) is 6.32. The summed E-state index contributed by atoms with van der Waals surface area (Å²) in [5, 5.41) is 3.26. The normalized spacial score (nSPS) is 22.5. The Labute approximate surface area is 214 Å². The summed E-state index contributed by atoms with van der Waals surface area (Å²) in [6, 6.07) is 15.4. The highest BCUT2D eigenvalue weighted by Gasteiger charge is 2.46. The van der Waals surface area contributed by atoms with Crippen molar-refractivity contribution < 1.29 is 14.3 Å². The summed E-state index contributed by atoms with van der Waals surface area (Å²) in [5.41, 5.74) is 3.95. The quantitative estimate of drug-likeness (QED) is 0.466. The number of rotatable bonds is 7. The third-order valence-electron chi connectivity index (χ3n) is 8.21. The lowest BCUT2D eigenvalue weighted by Crippen LogP contribution is -2.52. The van der Waals surface area contributed by atoms with Crippen molar-refractivity contribution in [1.29, 1.82) is 0 Å². The van der Waals surface area contributed by atoms with Crippen LogP contribution < -0.4 is 10.1 Å². The van der Waals surface area contributed by atoms with Gasteiger partial charge in [-0.05, 0) is 74.3 Å². The number of nitrogens with one attached hydrogen (secondary N) is 1. The standard InChI is InChI=1S/C31H38N2O3/c1-36-25-18-16-23(17-19-25)29-28(30(34)32-21-20-22-10-4-2-5-11-22)26-14-8-9-15-27(26)31(35)33(29)24-12-6-3-7-13-24/h8-10,14-19,24,28-29H,2-7,11-13,20-21H2,1H3,(H,32,34)/t28-,29+/m0/s1. The van der Waals surface area contributed by atoms with Gasteiger partial charge in [-0.3, -0.25) is 9.59 Å². The zero-order chi connectivity index (χ0) is 24.9. The van der Waals surface area contributed by atoms with E-state index in [2.05, 4.69) is 16.3 Å². The highest BCUT2D eigenvalue weighted by atomic mass is 16.5. The zero-order valence-electron chi connectivity index (χ0n) is 21.4. The number of benzene rings is 2. The Morgan fingerprint density at radius 2 is 1.78 bits per heavy atom. The van der Waals surface area contributed by atoms with Gasteiger partial charge in [0.1, 0.15) is 5.75 Å². The van der Waals surface area contributed by atoms with E-state index in [1.54, 1.807) is 7.11 Å². The molecule has 2 amide bonds. The van der Waals surface area contributed by atoms with Crippen molar-refractivity contribution in [3.05, 3.63) is 76.9 Å². The second-order valence-corrected chi connectivity index (χ2v) is 10.4. The van der Waals surface area contributed by atoms with Crippen LogP contribution in [0.2, 0.25) is 0 Å². The molecule has 1 fully saturated rings. The fraction of sp³-hybridized carbons (Fsp3) is 0.484. The molecule has 0 bridgehead atoms. The van der Waals surface area contributed by atoms with Crippen LogP contribution in [-0.4, -0.2) is 36.4 Å². The maximum absolute atomic E-state index is 14.0. The highest BCUT2D eigenvalue weighted by Crippen LogP contribution is 2.46. The number of carbonyl (C=O) groups excluding carboxylic acids is 2. The topological polar surface area (TPSA) is 58.6 Å². The number of fused-ring (bicyclic) bond motifs is 1. The SMILES string of the molecule is COc1ccc([C@@H]2[C@@H](C(=O)NCCC3=CCCCC3)c3ccccc3C(=O)N2C2CCCCC2)cc1. The molecule has 2 aliphatic carbocycles. The number of ether oxygens (including phenoxy) is 1. The van der Waals surface area contributed by atoms with Crippen LogP contribution in [-0.2, 0) is 4.79 Å². The lowest BCUT2D eigenvalue weighted by Gasteiger charge is -2.46. The summed E-state index contributed by atoms with van der Waals surface area (Å²) < 4.78 is 5.40. The molecule has 0 spiro atoms. The summed E-state index contributed by atoms with van der Waals surface area (Å²) in [5.74, 6) is 0.379. The van der Waals surface area contributed by atoms with Gasteiger partial charge in [0.25, 0.3) is 5.91 Å². The minimum absolute atomic E-state index is 0.00740. The summed E-state index contributed by atoms with van der Waals surface area (Å²) in [6.07, 6.45) is 13.5. The van der Waals surface area contributed by atoms with Crippen LogP contribution in [0, 0.1) is 0 Å². The van der Waals surface area contributed by atoms with E-state index >= 15 is 0 Å². The Morgan fingerprint density at radius 3 is 2.50 bits per heavy atom. The van der Waals surface area contributed by atoms with Crippen LogP contribution in [0.4, 0.5) is 0 Å². The molecule has 3 aliphatic rings. The van der Waals surface area contributed by atoms with Crippen LogP contribution in [0.3, 0.4) is 0 Å². The maximum Gasteiger partial charge on any atom is 0.254 e.